The summed E-state index contributed by atoms with van der Waals surface area (Å²) in [5, 5.41) is 6.78. The van der Waals surface area contributed by atoms with Gasteiger partial charge in [0.05, 0.1) is 5.75 Å². The first-order valence-electron chi connectivity index (χ1n) is 9.69. The third kappa shape index (κ3) is 5.15. The summed E-state index contributed by atoms with van der Waals surface area (Å²) in [6.45, 7) is 2.50. The molecule has 0 radical (unpaired) electrons. The van der Waals surface area contributed by atoms with Gasteiger partial charge < -0.3 is 5.32 Å². The maximum Gasteiger partial charge on any atom is 0.266 e. The molecule has 0 saturated heterocycles. The van der Waals surface area contributed by atoms with E-state index in [1.807, 2.05) is 55.5 Å². The highest BCUT2D eigenvalue weighted by Gasteiger charge is 2.14. The summed E-state index contributed by atoms with van der Waals surface area (Å²) in [5.41, 5.74) is 3.20. The maximum absolute atomic E-state index is 12.3. The van der Waals surface area contributed by atoms with Crippen molar-refractivity contribution in [3.8, 4) is 11.4 Å². The second-order valence-electron chi connectivity index (χ2n) is 6.97. The van der Waals surface area contributed by atoms with Crippen LogP contribution in [0, 0.1) is 6.92 Å². The van der Waals surface area contributed by atoms with Crippen LogP contribution >= 0.6 is 23.4 Å². The quantitative estimate of drug-likeness (QED) is 0.418. The number of aromatic amines is 1. The lowest BCUT2D eigenvalue weighted by atomic mass is 10.1. The van der Waals surface area contributed by atoms with Gasteiger partial charge in [-0.2, -0.15) is 0 Å². The van der Waals surface area contributed by atoms with Gasteiger partial charge in [-0.25, -0.2) is 14.5 Å². The Morgan fingerprint density at radius 2 is 1.94 bits per heavy atom. The number of aromatic nitrogens is 4. The number of nitrogens with one attached hydrogen (secondary N) is 2. The third-order valence-electron chi connectivity index (χ3n) is 4.69. The summed E-state index contributed by atoms with van der Waals surface area (Å²) in [5.74, 6) is 0.570. The molecule has 0 spiro atoms. The number of carbonyl (C=O) groups excluding carboxylic acids is 1. The summed E-state index contributed by atoms with van der Waals surface area (Å²) in [7, 11) is 0. The average molecular weight is 454 g/mol. The lowest BCUT2D eigenvalue weighted by molar-refractivity contribution is -0.118. The molecule has 4 aromatic rings. The minimum atomic E-state index is -0.273. The number of carbonyl (C=O) groups is 1. The van der Waals surface area contributed by atoms with Crippen molar-refractivity contribution in [2.45, 2.75) is 18.5 Å². The second kappa shape index (κ2) is 9.36. The zero-order chi connectivity index (χ0) is 21.8. The SMILES string of the molecule is Cc1ccccc1-c1nc(SCC(=O)NCCc2ccc(Cl)cc2)n2[nH]c(=O)cc2n1. The Labute approximate surface area is 187 Å². The van der Waals surface area contributed by atoms with Gasteiger partial charge in [0.15, 0.2) is 16.6 Å². The van der Waals surface area contributed by atoms with Crippen LogP contribution < -0.4 is 10.9 Å². The van der Waals surface area contributed by atoms with Crippen LogP contribution in [0.1, 0.15) is 11.1 Å². The van der Waals surface area contributed by atoms with E-state index in [0.717, 1.165) is 16.7 Å². The number of rotatable bonds is 7. The maximum atomic E-state index is 12.3. The molecule has 2 aromatic heterocycles. The van der Waals surface area contributed by atoms with E-state index in [2.05, 4.69) is 20.4 Å². The molecule has 0 aliphatic rings. The minimum absolute atomic E-state index is 0.113. The summed E-state index contributed by atoms with van der Waals surface area (Å²) in [6, 6.07) is 16.7. The number of nitrogens with zero attached hydrogens (tertiary/aromatic N) is 3. The van der Waals surface area contributed by atoms with E-state index in [-0.39, 0.29) is 17.2 Å². The van der Waals surface area contributed by atoms with Gasteiger partial charge in [-0.15, -0.1) is 0 Å². The van der Waals surface area contributed by atoms with Crippen LogP contribution in [0.3, 0.4) is 0 Å². The van der Waals surface area contributed by atoms with Gasteiger partial charge >= 0.3 is 0 Å². The first kappa shape index (κ1) is 21.1. The molecule has 0 bridgehead atoms. The highest BCUT2D eigenvalue weighted by molar-refractivity contribution is 7.99. The van der Waals surface area contributed by atoms with Crippen LogP contribution in [-0.2, 0) is 11.2 Å². The lowest BCUT2D eigenvalue weighted by Gasteiger charge is -2.09. The molecule has 0 unspecified atom stereocenters. The molecule has 9 heteroatoms. The molecule has 0 atom stereocenters. The number of thioether (sulfide) groups is 1. The fourth-order valence-electron chi connectivity index (χ4n) is 3.10. The zero-order valence-corrected chi connectivity index (χ0v) is 18.3. The minimum Gasteiger partial charge on any atom is -0.355 e. The highest BCUT2D eigenvalue weighted by atomic mass is 35.5. The highest BCUT2D eigenvalue weighted by Crippen LogP contribution is 2.23. The predicted molar refractivity (Wildman–Crippen MR) is 123 cm³/mol. The largest absolute Gasteiger partial charge is 0.355 e. The van der Waals surface area contributed by atoms with Gasteiger partial charge in [0, 0.05) is 23.2 Å². The van der Waals surface area contributed by atoms with Gasteiger partial charge in [0.1, 0.15) is 0 Å². The molecule has 0 aliphatic heterocycles. The number of hydrogen-bond donors (Lipinski definition) is 2. The first-order valence-corrected chi connectivity index (χ1v) is 11.1. The Morgan fingerprint density at radius 3 is 2.71 bits per heavy atom. The Hall–Kier alpha value is -3.10. The molecule has 2 N–H and O–H groups in total. The molecule has 2 heterocycles. The van der Waals surface area contributed by atoms with Crippen molar-refractivity contribution in [2.75, 3.05) is 12.3 Å². The van der Waals surface area contributed by atoms with Gasteiger partial charge in [0.2, 0.25) is 5.91 Å². The van der Waals surface area contributed by atoms with Crippen molar-refractivity contribution >= 4 is 34.9 Å². The van der Waals surface area contributed by atoms with Crippen LogP contribution in [-0.4, -0.2) is 37.8 Å². The van der Waals surface area contributed by atoms with Crippen molar-refractivity contribution < 1.29 is 4.79 Å². The number of amides is 1. The van der Waals surface area contributed by atoms with Crippen LogP contribution in [0.5, 0.6) is 0 Å². The molecule has 7 nitrogen and oxygen atoms in total. The Bertz CT molecular complexity index is 1280. The summed E-state index contributed by atoms with van der Waals surface area (Å²) in [4.78, 5) is 33.3. The molecule has 0 aliphatic carbocycles. The lowest BCUT2D eigenvalue weighted by Crippen LogP contribution is -2.27. The van der Waals surface area contributed by atoms with E-state index in [4.69, 9.17) is 11.6 Å². The number of H-pyrrole nitrogens is 1. The molecular weight excluding hydrogens is 434 g/mol. The zero-order valence-electron chi connectivity index (χ0n) is 16.8. The standard InChI is InChI=1S/C22H20ClN5O2S/c1-14-4-2-3-5-17(14)21-25-18-12-19(29)27-28(18)22(26-21)31-13-20(30)24-11-10-15-6-8-16(23)9-7-15/h2-9,12H,10-11,13H2,1H3,(H,24,30)(H,27,29). The topological polar surface area (TPSA) is 92.2 Å². The van der Waals surface area contributed by atoms with Crippen LogP contribution in [0.15, 0.2) is 64.5 Å². The van der Waals surface area contributed by atoms with Crippen molar-refractivity contribution in [1.29, 1.82) is 0 Å². The molecule has 4 rings (SSSR count). The molecule has 0 saturated carbocycles. The van der Waals surface area contributed by atoms with Gasteiger partial charge in [-0.1, -0.05) is 59.8 Å². The smallest absolute Gasteiger partial charge is 0.266 e. The van der Waals surface area contributed by atoms with Gasteiger partial charge in [-0.05, 0) is 36.6 Å². The Kier molecular flexibility index (Phi) is 6.39. The average Bonchev–Trinajstić information content (AvgIpc) is 3.14. The summed E-state index contributed by atoms with van der Waals surface area (Å²) in [6.07, 6.45) is 0.716. The number of halogens is 1. The van der Waals surface area contributed by atoms with Crippen molar-refractivity contribution in [1.82, 2.24) is 24.9 Å². The summed E-state index contributed by atoms with van der Waals surface area (Å²) >= 11 is 7.14. The van der Waals surface area contributed by atoms with E-state index >= 15 is 0 Å². The Balaban J connectivity index is 1.46. The van der Waals surface area contributed by atoms with Crippen molar-refractivity contribution in [3.63, 3.8) is 0 Å². The molecule has 0 fully saturated rings. The Morgan fingerprint density at radius 1 is 1.16 bits per heavy atom. The van der Waals surface area contributed by atoms with E-state index in [1.165, 1.54) is 22.3 Å². The molecule has 2 aromatic carbocycles. The van der Waals surface area contributed by atoms with Crippen LogP contribution in [0.25, 0.3) is 17.0 Å². The number of hydrogen-bond acceptors (Lipinski definition) is 5. The van der Waals surface area contributed by atoms with Crippen LogP contribution in [0.4, 0.5) is 0 Å². The van der Waals surface area contributed by atoms with E-state index in [1.54, 1.807) is 0 Å². The van der Waals surface area contributed by atoms with Gasteiger partial charge in [-0.3, -0.25) is 14.7 Å². The third-order valence-corrected chi connectivity index (χ3v) is 5.88. The number of aryl methyl sites for hydroxylation is 1. The number of benzene rings is 2. The fraction of sp³-hybridized carbons (Fsp3) is 0.182. The molecule has 1 amide bonds. The fourth-order valence-corrected chi connectivity index (χ4v) is 4.01. The van der Waals surface area contributed by atoms with E-state index in [9.17, 15) is 9.59 Å². The second-order valence-corrected chi connectivity index (χ2v) is 8.35. The molecule has 158 valence electrons. The monoisotopic (exact) mass is 453 g/mol. The first-order chi connectivity index (χ1) is 15.0. The normalized spacial score (nSPS) is 11.0. The van der Waals surface area contributed by atoms with Crippen molar-refractivity contribution in [3.05, 3.63) is 81.1 Å². The summed E-state index contributed by atoms with van der Waals surface area (Å²) < 4.78 is 1.51. The van der Waals surface area contributed by atoms with Gasteiger partial charge in [0.25, 0.3) is 5.56 Å². The van der Waals surface area contributed by atoms with Crippen molar-refractivity contribution in [2.24, 2.45) is 0 Å². The number of fused-ring (bicyclic) bond motifs is 1. The van der Waals surface area contributed by atoms with Crippen LogP contribution in [0.2, 0.25) is 5.02 Å². The molecule has 31 heavy (non-hydrogen) atoms. The molecular formula is C22H20ClN5O2S. The predicted octanol–water partition coefficient (Wildman–Crippen LogP) is 3.50. The van der Waals surface area contributed by atoms with E-state index in [0.29, 0.717) is 34.6 Å². The van der Waals surface area contributed by atoms with E-state index < -0.39 is 0 Å².